The van der Waals surface area contributed by atoms with E-state index in [1.807, 2.05) is 26.8 Å². The minimum atomic E-state index is -0.412. The molecule has 0 unspecified atom stereocenters. The van der Waals surface area contributed by atoms with Crippen molar-refractivity contribution in [2.75, 3.05) is 0 Å². The van der Waals surface area contributed by atoms with Crippen LogP contribution in [-0.4, -0.2) is 4.92 Å². The van der Waals surface area contributed by atoms with Crippen LogP contribution in [0.4, 0.5) is 5.69 Å². The summed E-state index contributed by atoms with van der Waals surface area (Å²) in [5.74, 6) is 0.106. The van der Waals surface area contributed by atoms with E-state index in [9.17, 15) is 10.1 Å². The number of nitrogens with zero attached hydrogens (tertiary/aromatic N) is 1. The Morgan fingerprint density at radius 3 is 2.36 bits per heavy atom. The molecule has 0 aliphatic heterocycles. The Bertz CT molecular complexity index is 375. The van der Waals surface area contributed by atoms with Crippen LogP contribution in [0.25, 0.3) is 0 Å². The second kappa shape index (κ2) is 3.96. The maximum absolute atomic E-state index is 10.8. The Morgan fingerprint density at radius 2 is 2.00 bits per heavy atom. The summed E-state index contributed by atoms with van der Waals surface area (Å²) in [6.45, 7) is 5.70. The number of hydrogen-bond donors (Lipinski definition) is 0. The lowest BCUT2D eigenvalue weighted by molar-refractivity contribution is -0.385. The zero-order chi connectivity index (χ0) is 10.9. The third-order valence-electron chi connectivity index (χ3n) is 2.15. The summed E-state index contributed by atoms with van der Waals surface area (Å²) in [4.78, 5) is 10.4. The summed E-state index contributed by atoms with van der Waals surface area (Å²) in [7, 11) is 0. The summed E-state index contributed by atoms with van der Waals surface area (Å²) in [5, 5.41) is 11.0. The lowest BCUT2D eigenvalue weighted by Crippen LogP contribution is -2.00. The van der Waals surface area contributed by atoms with Gasteiger partial charge in [0.2, 0.25) is 0 Å². The van der Waals surface area contributed by atoms with Crippen molar-refractivity contribution < 1.29 is 4.92 Å². The van der Waals surface area contributed by atoms with Crippen molar-refractivity contribution in [1.29, 1.82) is 0 Å². The molecule has 14 heavy (non-hydrogen) atoms. The number of benzene rings is 1. The summed E-state index contributed by atoms with van der Waals surface area (Å²) in [6.07, 6.45) is 0. The van der Waals surface area contributed by atoms with Crippen LogP contribution >= 0.6 is 11.6 Å². The van der Waals surface area contributed by atoms with Crippen LogP contribution in [0.3, 0.4) is 0 Å². The lowest BCUT2D eigenvalue weighted by atomic mass is 9.96. The second-order valence-corrected chi connectivity index (χ2v) is 3.95. The van der Waals surface area contributed by atoms with Crippen molar-refractivity contribution in [2.24, 2.45) is 0 Å². The van der Waals surface area contributed by atoms with Gasteiger partial charge in [-0.15, -0.1) is 0 Å². The first-order valence-corrected chi connectivity index (χ1v) is 4.76. The highest BCUT2D eigenvalue weighted by Gasteiger charge is 2.22. The summed E-state index contributed by atoms with van der Waals surface area (Å²) in [5.41, 5.74) is 1.68. The van der Waals surface area contributed by atoms with E-state index in [2.05, 4.69) is 0 Å². The SMILES string of the molecule is Cc1ccc(Cl)c([N+](=O)[O-])c1C(C)C. The van der Waals surface area contributed by atoms with E-state index in [4.69, 9.17) is 11.6 Å². The van der Waals surface area contributed by atoms with E-state index in [0.717, 1.165) is 11.1 Å². The Hall–Kier alpha value is -1.09. The number of halogens is 1. The molecule has 3 nitrogen and oxygen atoms in total. The fourth-order valence-electron chi connectivity index (χ4n) is 1.60. The van der Waals surface area contributed by atoms with Crippen LogP contribution in [0.1, 0.15) is 30.9 Å². The quantitative estimate of drug-likeness (QED) is 0.556. The number of nitro groups is 1. The van der Waals surface area contributed by atoms with Crippen LogP contribution in [0.2, 0.25) is 5.02 Å². The zero-order valence-electron chi connectivity index (χ0n) is 8.37. The predicted octanol–water partition coefficient (Wildman–Crippen LogP) is 3.68. The molecule has 0 amide bonds. The molecule has 0 heterocycles. The smallest absolute Gasteiger partial charge is 0.258 e. The second-order valence-electron chi connectivity index (χ2n) is 3.54. The molecule has 1 aromatic rings. The summed E-state index contributed by atoms with van der Waals surface area (Å²) >= 11 is 5.80. The van der Waals surface area contributed by atoms with E-state index in [1.54, 1.807) is 6.07 Å². The molecular weight excluding hydrogens is 202 g/mol. The van der Waals surface area contributed by atoms with Crippen molar-refractivity contribution in [1.82, 2.24) is 0 Å². The Balaban J connectivity index is 3.50. The molecule has 1 rings (SSSR count). The predicted molar refractivity (Wildman–Crippen MR) is 56.9 cm³/mol. The van der Waals surface area contributed by atoms with Gasteiger partial charge in [-0.3, -0.25) is 10.1 Å². The molecular formula is C10H12ClNO2. The monoisotopic (exact) mass is 213 g/mol. The normalized spacial score (nSPS) is 10.6. The van der Waals surface area contributed by atoms with Crippen molar-refractivity contribution in [2.45, 2.75) is 26.7 Å². The van der Waals surface area contributed by atoms with Crippen LogP contribution in [0, 0.1) is 17.0 Å². The Morgan fingerprint density at radius 1 is 1.43 bits per heavy atom. The highest BCUT2D eigenvalue weighted by atomic mass is 35.5. The minimum Gasteiger partial charge on any atom is -0.258 e. The van der Waals surface area contributed by atoms with Crippen molar-refractivity contribution in [3.05, 3.63) is 38.4 Å². The van der Waals surface area contributed by atoms with Gasteiger partial charge >= 0.3 is 0 Å². The molecule has 0 N–H and O–H groups in total. The van der Waals surface area contributed by atoms with Gasteiger partial charge in [-0.25, -0.2) is 0 Å². The van der Waals surface area contributed by atoms with Crippen LogP contribution < -0.4 is 0 Å². The van der Waals surface area contributed by atoms with Gasteiger partial charge < -0.3 is 0 Å². The third-order valence-corrected chi connectivity index (χ3v) is 2.45. The van der Waals surface area contributed by atoms with E-state index in [0.29, 0.717) is 0 Å². The first-order valence-electron chi connectivity index (χ1n) is 4.38. The van der Waals surface area contributed by atoms with Crippen molar-refractivity contribution >= 4 is 17.3 Å². The van der Waals surface area contributed by atoms with Gasteiger partial charge in [-0.2, -0.15) is 0 Å². The molecule has 4 heteroatoms. The Kier molecular flexibility index (Phi) is 3.11. The lowest BCUT2D eigenvalue weighted by Gasteiger charge is -2.10. The molecule has 0 radical (unpaired) electrons. The molecule has 0 aromatic heterocycles. The van der Waals surface area contributed by atoms with Gasteiger partial charge in [0.1, 0.15) is 5.02 Å². The average Bonchev–Trinajstić information content (AvgIpc) is 2.07. The average molecular weight is 214 g/mol. The minimum absolute atomic E-state index is 0.0432. The maximum atomic E-state index is 10.8. The highest BCUT2D eigenvalue weighted by Crippen LogP contribution is 2.35. The first kappa shape index (κ1) is 11.0. The molecule has 0 fully saturated rings. The molecule has 76 valence electrons. The topological polar surface area (TPSA) is 43.1 Å². The number of rotatable bonds is 2. The van der Waals surface area contributed by atoms with Crippen LogP contribution in [0.5, 0.6) is 0 Å². The summed E-state index contributed by atoms with van der Waals surface area (Å²) in [6, 6.07) is 3.38. The number of nitro benzene ring substituents is 1. The fraction of sp³-hybridized carbons (Fsp3) is 0.400. The van der Waals surface area contributed by atoms with Crippen molar-refractivity contribution in [3.8, 4) is 0 Å². The van der Waals surface area contributed by atoms with Gasteiger partial charge in [0.25, 0.3) is 5.69 Å². The number of hydrogen-bond acceptors (Lipinski definition) is 2. The molecule has 0 bridgehead atoms. The molecule has 0 atom stereocenters. The standard InChI is InChI=1S/C10H12ClNO2/c1-6(2)9-7(3)4-5-8(11)10(9)12(13)14/h4-6H,1-3H3. The van der Waals surface area contributed by atoms with Crippen LogP contribution in [0.15, 0.2) is 12.1 Å². The van der Waals surface area contributed by atoms with E-state index in [1.165, 1.54) is 0 Å². The van der Waals surface area contributed by atoms with Gasteiger partial charge in [-0.1, -0.05) is 31.5 Å². The van der Waals surface area contributed by atoms with Gasteiger partial charge in [0, 0.05) is 5.56 Å². The number of aryl methyl sites for hydroxylation is 1. The van der Waals surface area contributed by atoms with Crippen molar-refractivity contribution in [3.63, 3.8) is 0 Å². The molecule has 0 aliphatic carbocycles. The largest absolute Gasteiger partial charge is 0.291 e. The maximum Gasteiger partial charge on any atom is 0.291 e. The zero-order valence-corrected chi connectivity index (χ0v) is 9.13. The molecule has 0 spiro atoms. The molecule has 0 saturated carbocycles. The van der Waals surface area contributed by atoms with Crippen LogP contribution in [-0.2, 0) is 0 Å². The van der Waals surface area contributed by atoms with E-state index < -0.39 is 4.92 Å². The molecule has 0 saturated heterocycles. The molecule has 1 aromatic carbocycles. The Labute approximate surface area is 87.8 Å². The highest BCUT2D eigenvalue weighted by molar-refractivity contribution is 6.32. The summed E-state index contributed by atoms with van der Waals surface area (Å²) < 4.78 is 0. The van der Waals surface area contributed by atoms with E-state index >= 15 is 0 Å². The fourth-order valence-corrected chi connectivity index (χ4v) is 1.83. The van der Waals surface area contributed by atoms with Gasteiger partial charge in [-0.05, 0) is 24.5 Å². The third kappa shape index (κ3) is 1.87. The first-order chi connectivity index (χ1) is 6.45. The van der Waals surface area contributed by atoms with Gasteiger partial charge in [0.05, 0.1) is 4.92 Å². The van der Waals surface area contributed by atoms with E-state index in [-0.39, 0.29) is 16.6 Å². The van der Waals surface area contributed by atoms with Gasteiger partial charge in [0.15, 0.2) is 0 Å². The molecule has 0 aliphatic rings.